The van der Waals surface area contributed by atoms with Crippen molar-refractivity contribution in [3.8, 4) is 0 Å². The van der Waals surface area contributed by atoms with Crippen LogP contribution in [-0.2, 0) is 12.8 Å². The topological polar surface area (TPSA) is 0 Å². The van der Waals surface area contributed by atoms with Crippen molar-refractivity contribution in [3.63, 3.8) is 0 Å². The van der Waals surface area contributed by atoms with Gasteiger partial charge in [-0.15, -0.1) is 0 Å². The van der Waals surface area contributed by atoms with Crippen LogP contribution in [0.25, 0.3) is 6.08 Å². The van der Waals surface area contributed by atoms with Crippen LogP contribution in [0.5, 0.6) is 0 Å². The van der Waals surface area contributed by atoms with E-state index in [0.717, 1.165) is 12.3 Å². The number of rotatable bonds is 10. The molecule has 0 saturated heterocycles. The van der Waals surface area contributed by atoms with Crippen molar-refractivity contribution >= 4 is 6.08 Å². The van der Waals surface area contributed by atoms with E-state index < -0.39 is 0 Å². The first kappa shape index (κ1) is 21.2. The van der Waals surface area contributed by atoms with Crippen LogP contribution in [0.15, 0.2) is 60.2 Å². The molecule has 2 saturated carbocycles. The maximum atomic E-state index is 4.34. The molecule has 2 aromatic carbocycles. The van der Waals surface area contributed by atoms with Gasteiger partial charge in [0.2, 0.25) is 0 Å². The lowest BCUT2D eigenvalue weighted by Gasteiger charge is -2.21. The van der Waals surface area contributed by atoms with E-state index >= 15 is 0 Å². The normalized spacial score (nSPS) is 23.1. The fourth-order valence-corrected chi connectivity index (χ4v) is 5.50. The number of aryl methyl sites for hydroxylation is 2. The largest absolute Gasteiger partial charge is 0.0995 e. The Balaban J connectivity index is 1.64. The molecule has 2 fully saturated rings. The maximum absolute atomic E-state index is 4.34. The second-order valence-electron chi connectivity index (χ2n) is 9.82. The second-order valence-corrected chi connectivity index (χ2v) is 9.82. The molecular formula is C30H38. The van der Waals surface area contributed by atoms with Gasteiger partial charge in [-0.2, -0.15) is 0 Å². The summed E-state index contributed by atoms with van der Waals surface area (Å²) in [6, 6.07) is 15.7. The standard InChI is InChI=1S/C30H38/c1-6-11-23-15-14-22(5)29(27(23)7-2)18-25(30-19-26(30)20-30)16-17-28(21(3)4)24-12-9-8-10-13-24/h8-10,12-15,18,26,28H,3,6-7,11,16-17,19-20H2,1-2,4-5H3/b25-18+. The zero-order valence-electron chi connectivity index (χ0n) is 19.4. The highest BCUT2D eigenvalue weighted by molar-refractivity contribution is 5.65. The summed E-state index contributed by atoms with van der Waals surface area (Å²) >= 11 is 0. The molecule has 2 aromatic rings. The molecule has 0 nitrogen and oxygen atoms in total. The van der Waals surface area contributed by atoms with Crippen LogP contribution in [0.3, 0.4) is 0 Å². The first-order valence-corrected chi connectivity index (χ1v) is 12.0. The average molecular weight is 399 g/mol. The molecule has 1 unspecified atom stereocenters. The van der Waals surface area contributed by atoms with E-state index in [4.69, 9.17) is 0 Å². The van der Waals surface area contributed by atoms with Crippen LogP contribution in [0.1, 0.15) is 86.6 Å². The van der Waals surface area contributed by atoms with Crippen LogP contribution in [-0.4, -0.2) is 0 Å². The molecule has 2 aliphatic carbocycles. The third-order valence-corrected chi connectivity index (χ3v) is 7.68. The summed E-state index contributed by atoms with van der Waals surface area (Å²) < 4.78 is 0. The van der Waals surface area contributed by atoms with E-state index in [2.05, 4.69) is 82.8 Å². The zero-order valence-corrected chi connectivity index (χ0v) is 19.4. The molecule has 30 heavy (non-hydrogen) atoms. The maximum Gasteiger partial charge on any atom is 0.00457 e. The van der Waals surface area contributed by atoms with Crippen molar-refractivity contribution < 1.29 is 0 Å². The van der Waals surface area contributed by atoms with Crippen molar-refractivity contribution in [2.45, 2.75) is 78.6 Å². The summed E-state index contributed by atoms with van der Waals surface area (Å²) in [6.45, 7) is 13.5. The van der Waals surface area contributed by atoms with Gasteiger partial charge in [-0.05, 0) is 91.5 Å². The summed E-state index contributed by atoms with van der Waals surface area (Å²) in [5.74, 6) is 1.44. The van der Waals surface area contributed by atoms with Gasteiger partial charge in [-0.3, -0.25) is 0 Å². The summed E-state index contributed by atoms with van der Waals surface area (Å²) in [6.07, 6.45) is 11.4. The van der Waals surface area contributed by atoms with E-state index in [1.807, 2.05) is 0 Å². The number of hydrogen-bond donors (Lipinski definition) is 0. The van der Waals surface area contributed by atoms with Crippen molar-refractivity contribution in [1.29, 1.82) is 0 Å². The van der Waals surface area contributed by atoms with Crippen molar-refractivity contribution in [2.24, 2.45) is 11.3 Å². The SMILES string of the molecule is C=C(C)C(CC/C(=C\c1c(C)ccc(CCC)c1CC)C12CC1C2)c1ccccc1. The van der Waals surface area contributed by atoms with Crippen LogP contribution in [0.2, 0.25) is 0 Å². The molecule has 1 atom stereocenters. The number of benzene rings is 2. The highest BCUT2D eigenvalue weighted by Gasteiger charge is 2.70. The summed E-state index contributed by atoms with van der Waals surface area (Å²) in [7, 11) is 0. The Hall–Kier alpha value is -2.08. The molecule has 0 amide bonds. The minimum absolute atomic E-state index is 0.458. The van der Waals surface area contributed by atoms with Gasteiger partial charge in [0.05, 0.1) is 0 Å². The Bertz CT molecular complexity index is 938. The Morgan fingerprint density at radius 2 is 1.83 bits per heavy atom. The Morgan fingerprint density at radius 3 is 2.40 bits per heavy atom. The lowest BCUT2D eigenvalue weighted by Crippen LogP contribution is -2.04. The van der Waals surface area contributed by atoms with Gasteiger partial charge >= 0.3 is 0 Å². The quantitative estimate of drug-likeness (QED) is 0.352. The highest BCUT2D eigenvalue weighted by Crippen LogP contribution is 2.79. The van der Waals surface area contributed by atoms with Gasteiger partial charge in [-0.1, -0.05) is 86.5 Å². The number of allylic oxidation sites excluding steroid dienone is 2. The predicted octanol–water partition coefficient (Wildman–Crippen LogP) is 8.44. The molecule has 0 heterocycles. The molecule has 0 aliphatic heterocycles. The minimum atomic E-state index is 0.458. The van der Waals surface area contributed by atoms with E-state index in [-0.39, 0.29) is 0 Å². The van der Waals surface area contributed by atoms with Gasteiger partial charge in [0.15, 0.2) is 0 Å². The molecule has 4 rings (SSSR count). The van der Waals surface area contributed by atoms with Gasteiger partial charge < -0.3 is 0 Å². The van der Waals surface area contributed by atoms with Crippen LogP contribution in [0.4, 0.5) is 0 Å². The zero-order chi connectivity index (χ0) is 21.3. The fourth-order valence-electron chi connectivity index (χ4n) is 5.50. The molecule has 0 spiro atoms. The molecule has 158 valence electrons. The third-order valence-electron chi connectivity index (χ3n) is 7.68. The second kappa shape index (κ2) is 8.58. The lowest BCUT2D eigenvalue weighted by molar-refractivity contribution is 0.641. The Labute approximate surface area is 184 Å². The Morgan fingerprint density at radius 1 is 1.13 bits per heavy atom. The summed E-state index contributed by atoms with van der Waals surface area (Å²) in [5, 5.41) is 0. The molecule has 0 bridgehead atoms. The van der Waals surface area contributed by atoms with Crippen LogP contribution >= 0.6 is 0 Å². The van der Waals surface area contributed by atoms with E-state index in [9.17, 15) is 0 Å². The molecule has 2 aliphatic rings. The molecule has 0 aromatic heterocycles. The van der Waals surface area contributed by atoms with Crippen molar-refractivity contribution in [2.75, 3.05) is 0 Å². The van der Waals surface area contributed by atoms with Gasteiger partial charge in [0, 0.05) is 5.92 Å². The van der Waals surface area contributed by atoms with Crippen LogP contribution < -0.4 is 0 Å². The summed E-state index contributed by atoms with van der Waals surface area (Å²) in [4.78, 5) is 0. The van der Waals surface area contributed by atoms with E-state index in [1.165, 1.54) is 60.8 Å². The number of hydrogen-bond acceptors (Lipinski definition) is 0. The lowest BCUT2D eigenvalue weighted by atomic mass is 9.84. The summed E-state index contributed by atoms with van der Waals surface area (Å²) in [5.41, 5.74) is 11.1. The highest BCUT2D eigenvalue weighted by atomic mass is 14.7. The smallest absolute Gasteiger partial charge is 0.00457 e. The molecule has 0 radical (unpaired) electrons. The van der Waals surface area contributed by atoms with Gasteiger partial charge in [-0.25, -0.2) is 0 Å². The Kier molecular flexibility index (Phi) is 6.05. The number of fused-ring (bicyclic) bond motifs is 1. The monoisotopic (exact) mass is 398 g/mol. The first-order chi connectivity index (χ1) is 14.5. The van der Waals surface area contributed by atoms with Gasteiger partial charge in [0.1, 0.15) is 0 Å². The molecular weight excluding hydrogens is 360 g/mol. The minimum Gasteiger partial charge on any atom is -0.0995 e. The fraction of sp³-hybridized carbons (Fsp3) is 0.467. The molecule has 0 N–H and O–H groups in total. The third kappa shape index (κ3) is 4.07. The first-order valence-electron chi connectivity index (χ1n) is 12.0. The van der Waals surface area contributed by atoms with Gasteiger partial charge in [0.25, 0.3) is 0 Å². The van der Waals surface area contributed by atoms with E-state index in [1.54, 1.807) is 16.7 Å². The predicted molar refractivity (Wildman–Crippen MR) is 131 cm³/mol. The van der Waals surface area contributed by atoms with Crippen LogP contribution in [0, 0.1) is 18.3 Å². The molecule has 0 heteroatoms. The van der Waals surface area contributed by atoms with Crippen molar-refractivity contribution in [1.82, 2.24) is 0 Å². The average Bonchev–Trinajstić information content (AvgIpc) is 3.61. The van der Waals surface area contributed by atoms with Crippen molar-refractivity contribution in [3.05, 3.63) is 88.0 Å². The van der Waals surface area contributed by atoms with E-state index in [0.29, 0.717) is 11.3 Å².